The van der Waals surface area contributed by atoms with Gasteiger partial charge in [-0.2, -0.15) is 5.26 Å². The highest BCUT2D eigenvalue weighted by Crippen LogP contribution is 2.44. The highest BCUT2D eigenvalue weighted by atomic mass is 35.5. The maximum atomic E-state index is 12.4. The Labute approximate surface area is 200 Å². The van der Waals surface area contributed by atoms with Crippen LogP contribution in [0.1, 0.15) is 22.6 Å². The number of carbonyl (C=O) groups is 1. The summed E-state index contributed by atoms with van der Waals surface area (Å²) in [4.78, 5) is 12.4. The molecular formula is C25H18Cl2N2O4. The van der Waals surface area contributed by atoms with E-state index in [1.165, 1.54) is 0 Å². The van der Waals surface area contributed by atoms with E-state index in [1.54, 1.807) is 67.8 Å². The molecule has 166 valence electrons. The van der Waals surface area contributed by atoms with Crippen LogP contribution in [0, 0.1) is 11.3 Å². The summed E-state index contributed by atoms with van der Waals surface area (Å²) in [5, 5.41) is 10.5. The summed E-state index contributed by atoms with van der Waals surface area (Å²) in [7, 11) is 1.58. The lowest BCUT2D eigenvalue weighted by atomic mass is 9.83. The predicted octanol–water partition coefficient (Wildman–Crippen LogP) is 5.37. The Morgan fingerprint density at radius 3 is 2.45 bits per heavy atom. The van der Waals surface area contributed by atoms with Crippen LogP contribution >= 0.6 is 23.2 Å². The maximum absolute atomic E-state index is 12.4. The molecule has 1 aliphatic heterocycles. The number of rotatable bonds is 5. The first-order chi connectivity index (χ1) is 15.9. The Kier molecular flexibility index (Phi) is 6.45. The minimum absolute atomic E-state index is 0.0252. The van der Waals surface area contributed by atoms with Gasteiger partial charge in [-0.3, -0.25) is 4.79 Å². The molecule has 6 nitrogen and oxygen atoms in total. The largest absolute Gasteiger partial charge is 0.497 e. The van der Waals surface area contributed by atoms with E-state index >= 15 is 0 Å². The van der Waals surface area contributed by atoms with Crippen molar-refractivity contribution in [2.75, 3.05) is 7.11 Å². The van der Waals surface area contributed by atoms with E-state index in [2.05, 4.69) is 6.07 Å². The van der Waals surface area contributed by atoms with Crippen molar-refractivity contribution in [2.24, 2.45) is 5.73 Å². The SMILES string of the molecule is COc1ccc(CC(=O)Oc2ccc3c(c2)OC(N)=C(C#N)C3c2ccc(Cl)c(Cl)c2)cc1. The van der Waals surface area contributed by atoms with Gasteiger partial charge >= 0.3 is 5.97 Å². The molecule has 3 aromatic rings. The van der Waals surface area contributed by atoms with Crippen LogP contribution in [0.15, 0.2) is 72.1 Å². The summed E-state index contributed by atoms with van der Waals surface area (Å²) < 4.78 is 16.3. The zero-order valence-corrected chi connectivity index (χ0v) is 19.0. The van der Waals surface area contributed by atoms with Crippen molar-refractivity contribution in [3.63, 3.8) is 0 Å². The first-order valence-electron chi connectivity index (χ1n) is 9.89. The number of methoxy groups -OCH3 is 1. The number of nitriles is 1. The normalized spacial score (nSPS) is 14.7. The number of hydrogen-bond donors (Lipinski definition) is 1. The third-order valence-electron chi connectivity index (χ3n) is 5.21. The van der Waals surface area contributed by atoms with Gasteiger partial charge in [-0.05, 0) is 41.5 Å². The van der Waals surface area contributed by atoms with Crippen molar-refractivity contribution in [3.05, 3.63) is 98.9 Å². The summed E-state index contributed by atoms with van der Waals surface area (Å²) in [6, 6.07) is 19.4. The van der Waals surface area contributed by atoms with Crippen molar-refractivity contribution in [2.45, 2.75) is 12.3 Å². The van der Waals surface area contributed by atoms with E-state index in [9.17, 15) is 10.1 Å². The molecule has 3 aromatic carbocycles. The number of carbonyl (C=O) groups excluding carboxylic acids is 1. The molecule has 1 heterocycles. The van der Waals surface area contributed by atoms with Gasteiger partial charge < -0.3 is 19.9 Å². The van der Waals surface area contributed by atoms with E-state index < -0.39 is 11.9 Å². The van der Waals surface area contributed by atoms with Gasteiger partial charge in [-0.15, -0.1) is 0 Å². The van der Waals surface area contributed by atoms with Gasteiger partial charge in [-0.25, -0.2) is 0 Å². The fourth-order valence-electron chi connectivity index (χ4n) is 3.61. The number of esters is 1. The van der Waals surface area contributed by atoms with Crippen molar-refractivity contribution in [3.8, 4) is 23.3 Å². The van der Waals surface area contributed by atoms with Gasteiger partial charge in [0.25, 0.3) is 0 Å². The Balaban J connectivity index is 1.60. The monoisotopic (exact) mass is 480 g/mol. The maximum Gasteiger partial charge on any atom is 0.315 e. The molecule has 0 amide bonds. The average molecular weight is 481 g/mol. The van der Waals surface area contributed by atoms with E-state index in [-0.39, 0.29) is 17.9 Å². The number of hydrogen-bond acceptors (Lipinski definition) is 6. The van der Waals surface area contributed by atoms with Crippen molar-refractivity contribution in [1.82, 2.24) is 0 Å². The standard InChI is InChI=1S/C25H18Cl2N2O4/c1-31-16-5-2-14(3-6-16)10-23(30)32-17-7-8-18-22(12-17)33-25(29)19(13-28)24(18)15-4-9-20(26)21(27)11-15/h2-9,11-12,24H,10,29H2,1H3. The Morgan fingerprint density at radius 2 is 1.79 bits per heavy atom. The summed E-state index contributed by atoms with van der Waals surface area (Å²) in [6.45, 7) is 0. The Morgan fingerprint density at radius 1 is 1.06 bits per heavy atom. The molecule has 33 heavy (non-hydrogen) atoms. The molecule has 0 aliphatic carbocycles. The number of ether oxygens (including phenoxy) is 3. The van der Waals surface area contributed by atoms with E-state index in [4.69, 9.17) is 43.1 Å². The topological polar surface area (TPSA) is 94.6 Å². The lowest BCUT2D eigenvalue weighted by Gasteiger charge is -2.27. The van der Waals surface area contributed by atoms with Crippen LogP contribution in [0.3, 0.4) is 0 Å². The van der Waals surface area contributed by atoms with Gasteiger partial charge in [0.05, 0.1) is 29.5 Å². The number of halogens is 2. The molecule has 4 rings (SSSR count). The first-order valence-corrected chi connectivity index (χ1v) is 10.6. The second-order valence-electron chi connectivity index (χ2n) is 7.30. The molecule has 0 aromatic heterocycles. The highest BCUT2D eigenvalue weighted by molar-refractivity contribution is 6.42. The summed E-state index contributed by atoms with van der Waals surface area (Å²) in [5.41, 5.74) is 8.50. The van der Waals surface area contributed by atoms with Crippen LogP contribution in [0.5, 0.6) is 17.2 Å². The molecule has 0 saturated heterocycles. The lowest BCUT2D eigenvalue weighted by molar-refractivity contribution is -0.133. The molecule has 0 bridgehead atoms. The van der Waals surface area contributed by atoms with Crippen LogP contribution in [0.4, 0.5) is 0 Å². The number of nitrogens with zero attached hydrogens (tertiary/aromatic N) is 1. The van der Waals surface area contributed by atoms with Crippen LogP contribution in [-0.2, 0) is 11.2 Å². The lowest BCUT2D eigenvalue weighted by Crippen LogP contribution is -2.21. The average Bonchev–Trinajstić information content (AvgIpc) is 2.80. The van der Waals surface area contributed by atoms with Gasteiger partial charge in [0.1, 0.15) is 28.9 Å². The minimum atomic E-state index is -0.502. The number of allylic oxidation sites excluding steroid dienone is 1. The number of nitrogens with two attached hydrogens (primary N) is 1. The third-order valence-corrected chi connectivity index (χ3v) is 5.95. The third kappa shape index (κ3) is 4.75. The smallest absolute Gasteiger partial charge is 0.315 e. The summed E-state index contributed by atoms with van der Waals surface area (Å²) in [5.74, 6) is 0.432. The molecule has 8 heteroatoms. The minimum Gasteiger partial charge on any atom is -0.497 e. The quantitative estimate of drug-likeness (QED) is 0.389. The Bertz CT molecular complexity index is 1300. The van der Waals surface area contributed by atoms with Crippen molar-refractivity contribution in [1.29, 1.82) is 5.26 Å². The van der Waals surface area contributed by atoms with Gasteiger partial charge in [0.2, 0.25) is 5.88 Å². The fraction of sp³-hybridized carbons (Fsp3) is 0.120. The predicted molar refractivity (Wildman–Crippen MR) is 125 cm³/mol. The molecule has 1 unspecified atom stereocenters. The molecule has 2 N–H and O–H groups in total. The number of benzene rings is 3. The number of fused-ring (bicyclic) bond motifs is 1. The van der Waals surface area contributed by atoms with E-state index in [1.807, 2.05) is 0 Å². The van der Waals surface area contributed by atoms with Gasteiger partial charge in [0.15, 0.2) is 0 Å². The van der Waals surface area contributed by atoms with E-state index in [0.717, 1.165) is 11.1 Å². The molecular weight excluding hydrogens is 463 g/mol. The second-order valence-corrected chi connectivity index (χ2v) is 8.11. The first kappa shape index (κ1) is 22.5. The molecule has 1 atom stereocenters. The van der Waals surface area contributed by atoms with Gasteiger partial charge in [0, 0.05) is 11.6 Å². The highest BCUT2D eigenvalue weighted by Gasteiger charge is 2.31. The van der Waals surface area contributed by atoms with Crippen molar-refractivity contribution >= 4 is 29.2 Å². The molecule has 0 radical (unpaired) electrons. The molecule has 0 saturated carbocycles. The van der Waals surface area contributed by atoms with Gasteiger partial charge in [-0.1, -0.05) is 47.5 Å². The van der Waals surface area contributed by atoms with Crippen LogP contribution < -0.4 is 19.9 Å². The zero-order chi connectivity index (χ0) is 23.5. The van der Waals surface area contributed by atoms with Crippen molar-refractivity contribution < 1.29 is 19.0 Å². The Hall–Kier alpha value is -3.66. The summed E-state index contributed by atoms with van der Waals surface area (Å²) in [6.07, 6.45) is 0.0917. The zero-order valence-electron chi connectivity index (χ0n) is 17.5. The van der Waals surface area contributed by atoms with Crippen LogP contribution in [0.25, 0.3) is 0 Å². The molecule has 0 spiro atoms. The van der Waals surface area contributed by atoms with E-state index in [0.29, 0.717) is 32.9 Å². The summed E-state index contributed by atoms with van der Waals surface area (Å²) >= 11 is 12.2. The van der Waals surface area contributed by atoms with Crippen LogP contribution in [0.2, 0.25) is 10.0 Å². The fourth-order valence-corrected chi connectivity index (χ4v) is 3.92. The molecule has 1 aliphatic rings. The van der Waals surface area contributed by atoms with Crippen LogP contribution in [-0.4, -0.2) is 13.1 Å². The molecule has 0 fully saturated rings. The second kappa shape index (κ2) is 9.45.